The van der Waals surface area contributed by atoms with Crippen molar-refractivity contribution in [3.8, 4) is 0 Å². The standard InChI is InChI=1S/C7H4ClI3/c8-7(10,11)5-3-1-2-4-6(5)9/h1-4H. The van der Waals surface area contributed by atoms with Gasteiger partial charge in [0.1, 0.15) is 0 Å². The van der Waals surface area contributed by atoms with Gasteiger partial charge in [0.25, 0.3) is 0 Å². The van der Waals surface area contributed by atoms with Crippen molar-refractivity contribution < 1.29 is 0 Å². The number of hydrogen-bond acceptors (Lipinski definition) is 0. The molecule has 0 heterocycles. The second kappa shape index (κ2) is 4.28. The van der Waals surface area contributed by atoms with Gasteiger partial charge in [-0.1, -0.05) is 29.8 Å². The Morgan fingerprint density at radius 2 is 1.73 bits per heavy atom. The molecule has 1 rings (SSSR count). The molecule has 0 aliphatic rings. The number of halogens is 4. The zero-order valence-corrected chi connectivity index (χ0v) is 12.5. The minimum atomic E-state index is -0.312. The molecule has 1 aromatic rings. The van der Waals surface area contributed by atoms with Crippen molar-refractivity contribution in [2.45, 2.75) is 0.888 Å². The van der Waals surface area contributed by atoms with Crippen molar-refractivity contribution in [1.29, 1.82) is 0 Å². The summed E-state index contributed by atoms with van der Waals surface area (Å²) >= 11 is 12.9. The lowest BCUT2D eigenvalue weighted by Gasteiger charge is -2.13. The minimum absolute atomic E-state index is 0.312. The molecule has 0 aliphatic carbocycles. The second-order valence-corrected chi connectivity index (χ2v) is 10.3. The van der Waals surface area contributed by atoms with Crippen LogP contribution in [0, 0.1) is 3.57 Å². The van der Waals surface area contributed by atoms with Crippen LogP contribution < -0.4 is 0 Å². The Labute approximate surface area is 112 Å². The first-order chi connectivity index (χ1) is 5.02. The Morgan fingerprint density at radius 1 is 1.18 bits per heavy atom. The molecule has 0 atom stereocenters. The van der Waals surface area contributed by atoms with Gasteiger partial charge >= 0.3 is 0 Å². The number of benzene rings is 1. The van der Waals surface area contributed by atoms with Crippen LogP contribution in [0.5, 0.6) is 0 Å². The van der Waals surface area contributed by atoms with Crippen molar-refractivity contribution in [1.82, 2.24) is 0 Å². The summed E-state index contributed by atoms with van der Waals surface area (Å²) in [6, 6.07) is 8.13. The topological polar surface area (TPSA) is 0 Å². The number of alkyl halides is 3. The maximum atomic E-state index is 6.13. The second-order valence-electron chi connectivity index (χ2n) is 1.98. The van der Waals surface area contributed by atoms with Crippen LogP contribution in [0.3, 0.4) is 0 Å². The molecule has 0 aliphatic heterocycles. The quantitative estimate of drug-likeness (QED) is 0.390. The molecule has 0 radical (unpaired) electrons. The van der Waals surface area contributed by atoms with Gasteiger partial charge < -0.3 is 0 Å². The monoisotopic (exact) mass is 504 g/mol. The molecular weight excluding hydrogens is 500 g/mol. The van der Waals surface area contributed by atoms with Gasteiger partial charge in [0, 0.05) is 9.13 Å². The summed E-state index contributed by atoms with van der Waals surface area (Å²) in [5, 5.41) is 0. The van der Waals surface area contributed by atoms with Crippen LogP contribution in [0.15, 0.2) is 24.3 Å². The average molecular weight is 504 g/mol. The van der Waals surface area contributed by atoms with E-state index in [9.17, 15) is 0 Å². The molecule has 0 unspecified atom stereocenters. The Hall–Kier alpha value is 1.70. The van der Waals surface area contributed by atoms with E-state index < -0.39 is 0 Å². The van der Waals surface area contributed by atoms with E-state index in [4.69, 9.17) is 11.6 Å². The van der Waals surface area contributed by atoms with Crippen LogP contribution in [0.4, 0.5) is 0 Å². The zero-order chi connectivity index (χ0) is 8.48. The van der Waals surface area contributed by atoms with Gasteiger partial charge in [0.15, 0.2) is 0.888 Å². The van der Waals surface area contributed by atoms with E-state index in [0.29, 0.717) is 0 Å². The van der Waals surface area contributed by atoms with Crippen LogP contribution in [-0.2, 0) is 0.888 Å². The molecule has 1 aromatic carbocycles. The Kier molecular flexibility index (Phi) is 4.19. The highest BCUT2D eigenvalue weighted by atomic mass is 127. The van der Waals surface area contributed by atoms with Crippen molar-refractivity contribution in [2.75, 3.05) is 0 Å². The Morgan fingerprint density at radius 3 is 2.09 bits per heavy atom. The van der Waals surface area contributed by atoms with E-state index in [1.807, 2.05) is 18.2 Å². The van der Waals surface area contributed by atoms with Crippen molar-refractivity contribution in [3.05, 3.63) is 33.4 Å². The SMILES string of the molecule is ClC(I)(I)c1ccccc1I. The third-order valence-corrected chi connectivity index (χ3v) is 3.49. The first-order valence-electron chi connectivity index (χ1n) is 2.83. The minimum Gasteiger partial charge on any atom is -0.0906 e. The molecule has 11 heavy (non-hydrogen) atoms. The molecule has 0 bridgehead atoms. The van der Waals surface area contributed by atoms with E-state index in [2.05, 4.69) is 73.8 Å². The lowest BCUT2D eigenvalue weighted by molar-refractivity contribution is 1.34. The summed E-state index contributed by atoms with van der Waals surface area (Å²) < 4.78 is 0.900. The van der Waals surface area contributed by atoms with Crippen molar-refractivity contribution >= 4 is 79.4 Å². The largest absolute Gasteiger partial charge is 0.172 e. The van der Waals surface area contributed by atoms with E-state index in [0.717, 1.165) is 0 Å². The van der Waals surface area contributed by atoms with Crippen LogP contribution >= 0.6 is 79.4 Å². The van der Waals surface area contributed by atoms with Crippen LogP contribution in [0.2, 0.25) is 0 Å². The molecule has 60 valence electrons. The molecule has 0 N–H and O–H groups in total. The molecule has 4 heteroatoms. The number of rotatable bonds is 1. The average Bonchev–Trinajstić information content (AvgIpc) is 1.86. The molecule has 0 nitrogen and oxygen atoms in total. The summed E-state index contributed by atoms with van der Waals surface area (Å²) in [5.74, 6) is 0. The lowest BCUT2D eigenvalue weighted by atomic mass is 10.2. The fourth-order valence-corrected chi connectivity index (χ4v) is 3.78. The predicted molar refractivity (Wildman–Crippen MR) is 74.7 cm³/mol. The summed E-state index contributed by atoms with van der Waals surface area (Å²) in [4.78, 5) is 0. The molecular formula is C7H4ClI3. The summed E-state index contributed by atoms with van der Waals surface area (Å²) in [7, 11) is 0. The first-order valence-corrected chi connectivity index (χ1v) is 6.45. The number of hydrogen-bond donors (Lipinski definition) is 0. The van der Waals surface area contributed by atoms with E-state index >= 15 is 0 Å². The van der Waals surface area contributed by atoms with Gasteiger partial charge in [-0.3, -0.25) is 0 Å². The maximum Gasteiger partial charge on any atom is 0.172 e. The van der Waals surface area contributed by atoms with Gasteiger partial charge in [0.2, 0.25) is 0 Å². The predicted octanol–water partition coefficient (Wildman–Crippen LogP) is 4.51. The third kappa shape index (κ3) is 3.15. The lowest BCUT2D eigenvalue weighted by Crippen LogP contribution is -2.00. The highest BCUT2D eigenvalue weighted by Gasteiger charge is 2.22. The van der Waals surface area contributed by atoms with Gasteiger partial charge in [-0.25, -0.2) is 0 Å². The van der Waals surface area contributed by atoms with Gasteiger partial charge in [-0.15, -0.1) is 0 Å². The normalized spacial score (nSPS) is 11.6. The smallest absolute Gasteiger partial charge is 0.0906 e. The molecule has 0 amide bonds. The van der Waals surface area contributed by atoms with E-state index in [-0.39, 0.29) is 0.888 Å². The van der Waals surface area contributed by atoms with Gasteiger partial charge in [-0.2, -0.15) is 0 Å². The van der Waals surface area contributed by atoms with Gasteiger partial charge in [-0.05, 0) is 73.8 Å². The summed E-state index contributed by atoms with van der Waals surface area (Å²) in [5.41, 5.74) is 1.17. The Balaban J connectivity index is 3.14. The molecule has 0 fully saturated rings. The molecule has 0 spiro atoms. The Bertz CT molecular complexity index is 254. The molecule has 0 saturated carbocycles. The van der Waals surface area contributed by atoms with Crippen molar-refractivity contribution in [2.24, 2.45) is 0 Å². The van der Waals surface area contributed by atoms with Crippen LogP contribution in [-0.4, -0.2) is 0 Å². The first kappa shape index (κ1) is 10.8. The maximum absolute atomic E-state index is 6.13. The van der Waals surface area contributed by atoms with Crippen LogP contribution in [0.25, 0.3) is 0 Å². The fraction of sp³-hybridized carbons (Fsp3) is 0.143. The summed E-state index contributed by atoms with van der Waals surface area (Å²) in [6.45, 7) is 0. The van der Waals surface area contributed by atoms with E-state index in [1.165, 1.54) is 9.13 Å². The van der Waals surface area contributed by atoms with E-state index in [1.54, 1.807) is 0 Å². The third-order valence-electron chi connectivity index (χ3n) is 1.18. The summed E-state index contributed by atoms with van der Waals surface area (Å²) in [6.07, 6.45) is 0. The highest BCUT2D eigenvalue weighted by molar-refractivity contribution is 14.2. The van der Waals surface area contributed by atoms with Crippen LogP contribution in [0.1, 0.15) is 5.56 Å². The molecule has 0 aromatic heterocycles. The molecule has 0 saturated heterocycles. The highest BCUT2D eigenvalue weighted by Crippen LogP contribution is 2.44. The zero-order valence-electron chi connectivity index (χ0n) is 5.32. The fourth-order valence-electron chi connectivity index (χ4n) is 0.691. The van der Waals surface area contributed by atoms with Crippen molar-refractivity contribution in [3.63, 3.8) is 0 Å². The van der Waals surface area contributed by atoms with Gasteiger partial charge in [0.05, 0.1) is 0 Å².